The summed E-state index contributed by atoms with van der Waals surface area (Å²) < 4.78 is 16.0. The maximum Gasteiger partial charge on any atom is 0.220 e. The summed E-state index contributed by atoms with van der Waals surface area (Å²) in [7, 11) is 4.70. The van der Waals surface area contributed by atoms with Gasteiger partial charge in [0.15, 0.2) is 11.5 Å². The molecule has 0 bridgehead atoms. The van der Waals surface area contributed by atoms with E-state index in [0.29, 0.717) is 35.1 Å². The molecule has 0 heterocycles. The van der Waals surface area contributed by atoms with Crippen molar-refractivity contribution in [3.05, 3.63) is 52.5 Å². The first kappa shape index (κ1) is 19.9. The zero-order chi connectivity index (χ0) is 19.1. The summed E-state index contributed by atoms with van der Waals surface area (Å²) in [6.07, 6.45) is 0.894. The molecule has 0 aliphatic heterocycles. The van der Waals surface area contributed by atoms with E-state index < -0.39 is 0 Å². The fraction of sp³-hybridized carbons (Fsp3) is 0.350. The minimum absolute atomic E-state index is 0.0498. The molecule has 140 valence electrons. The number of methoxy groups -OCH3 is 3. The Bertz CT molecular complexity index is 738. The van der Waals surface area contributed by atoms with Crippen LogP contribution in [-0.4, -0.2) is 27.2 Å². The van der Waals surface area contributed by atoms with E-state index in [1.165, 1.54) is 0 Å². The molecule has 0 saturated heterocycles. The third kappa shape index (κ3) is 4.82. The summed E-state index contributed by atoms with van der Waals surface area (Å²) in [4.78, 5) is 12.3. The summed E-state index contributed by atoms with van der Waals surface area (Å²) in [6.45, 7) is 1.92. The van der Waals surface area contributed by atoms with Crippen LogP contribution in [0.2, 0.25) is 5.02 Å². The second kappa shape index (κ2) is 9.34. The molecule has 2 aromatic rings. The molecule has 5 nitrogen and oxygen atoms in total. The van der Waals surface area contributed by atoms with E-state index in [2.05, 4.69) is 5.32 Å². The highest BCUT2D eigenvalue weighted by atomic mass is 35.5. The van der Waals surface area contributed by atoms with E-state index in [4.69, 9.17) is 25.8 Å². The number of hydrogen-bond donors (Lipinski definition) is 1. The first-order valence-corrected chi connectivity index (χ1v) is 8.70. The largest absolute Gasteiger partial charge is 0.493 e. The second-order valence-electron chi connectivity index (χ2n) is 5.84. The predicted octanol–water partition coefficient (Wildman–Crippen LogP) is 4.18. The van der Waals surface area contributed by atoms with Crippen LogP contribution in [0.3, 0.4) is 0 Å². The summed E-state index contributed by atoms with van der Waals surface area (Å²) >= 11 is 6.18. The van der Waals surface area contributed by atoms with Crippen LogP contribution in [0.25, 0.3) is 0 Å². The first-order chi connectivity index (χ1) is 12.5. The number of rotatable bonds is 8. The second-order valence-corrected chi connectivity index (χ2v) is 6.25. The number of carbonyl (C=O) groups excluding carboxylic acids is 1. The van der Waals surface area contributed by atoms with Gasteiger partial charge in [0, 0.05) is 11.4 Å². The van der Waals surface area contributed by atoms with Gasteiger partial charge in [-0.1, -0.05) is 29.8 Å². The molecule has 0 aromatic heterocycles. The van der Waals surface area contributed by atoms with Gasteiger partial charge in [0.1, 0.15) is 0 Å². The molecule has 1 N–H and O–H groups in total. The molecule has 6 heteroatoms. The monoisotopic (exact) mass is 377 g/mol. The van der Waals surface area contributed by atoms with Gasteiger partial charge in [0.25, 0.3) is 0 Å². The zero-order valence-corrected chi connectivity index (χ0v) is 16.2. The molecule has 26 heavy (non-hydrogen) atoms. The van der Waals surface area contributed by atoms with Gasteiger partial charge in [-0.15, -0.1) is 0 Å². The lowest BCUT2D eigenvalue weighted by atomic mass is 10.1. The molecule has 0 fully saturated rings. The fourth-order valence-corrected chi connectivity index (χ4v) is 3.05. The molecular weight excluding hydrogens is 354 g/mol. The number of nitrogens with one attached hydrogen (secondary N) is 1. The maximum atomic E-state index is 12.3. The van der Waals surface area contributed by atoms with Crippen molar-refractivity contribution in [1.82, 2.24) is 5.32 Å². The number of carbonyl (C=O) groups is 1. The highest BCUT2D eigenvalue weighted by Crippen LogP contribution is 2.38. The first-order valence-electron chi connectivity index (χ1n) is 8.32. The van der Waals surface area contributed by atoms with Gasteiger partial charge in [-0.2, -0.15) is 0 Å². The van der Waals surface area contributed by atoms with Crippen LogP contribution in [0.4, 0.5) is 0 Å². The molecule has 1 atom stereocenters. The predicted molar refractivity (Wildman–Crippen MR) is 102 cm³/mol. The van der Waals surface area contributed by atoms with E-state index in [0.717, 1.165) is 11.1 Å². The standard InChI is InChI=1S/C20H24ClNO4/c1-13(15-7-5-6-8-16(15)21)22-19(23)10-9-14-11-17(24-2)20(26-4)18(12-14)25-3/h5-8,11-13H,9-10H2,1-4H3,(H,22,23). The van der Waals surface area contributed by atoms with E-state index in [1.54, 1.807) is 21.3 Å². The molecule has 0 radical (unpaired) electrons. The van der Waals surface area contributed by atoms with Crippen LogP contribution in [0.15, 0.2) is 36.4 Å². The number of ether oxygens (including phenoxy) is 3. The van der Waals surface area contributed by atoms with Crippen molar-refractivity contribution in [3.63, 3.8) is 0 Å². The molecule has 2 rings (SSSR count). The Morgan fingerprint density at radius 1 is 1.08 bits per heavy atom. The van der Waals surface area contributed by atoms with E-state index >= 15 is 0 Å². The number of benzene rings is 2. The maximum absolute atomic E-state index is 12.3. The minimum atomic E-state index is -0.156. The molecule has 0 spiro atoms. The Morgan fingerprint density at radius 2 is 1.69 bits per heavy atom. The Kier molecular flexibility index (Phi) is 7.16. The third-order valence-corrected chi connectivity index (χ3v) is 4.46. The van der Waals surface area contributed by atoms with Crippen molar-refractivity contribution in [1.29, 1.82) is 0 Å². The molecular formula is C20H24ClNO4. The van der Waals surface area contributed by atoms with Crippen LogP contribution in [0.1, 0.15) is 30.5 Å². The van der Waals surface area contributed by atoms with Gasteiger partial charge in [-0.3, -0.25) is 4.79 Å². The number of hydrogen-bond acceptors (Lipinski definition) is 4. The van der Waals surface area contributed by atoms with Gasteiger partial charge in [0.2, 0.25) is 11.7 Å². The van der Waals surface area contributed by atoms with Crippen LogP contribution >= 0.6 is 11.6 Å². The Morgan fingerprint density at radius 3 is 2.23 bits per heavy atom. The molecule has 2 aromatic carbocycles. The molecule has 1 unspecified atom stereocenters. The van der Waals surface area contributed by atoms with Crippen molar-refractivity contribution < 1.29 is 19.0 Å². The van der Waals surface area contributed by atoms with Crippen LogP contribution in [0.5, 0.6) is 17.2 Å². The number of amides is 1. The van der Waals surface area contributed by atoms with Gasteiger partial charge >= 0.3 is 0 Å². The lowest BCUT2D eigenvalue weighted by Crippen LogP contribution is -2.27. The fourth-order valence-electron chi connectivity index (χ4n) is 2.76. The summed E-state index contributed by atoms with van der Waals surface area (Å²) in [5.41, 5.74) is 1.83. The van der Waals surface area contributed by atoms with Crippen LogP contribution in [-0.2, 0) is 11.2 Å². The van der Waals surface area contributed by atoms with Crippen molar-refractivity contribution in [3.8, 4) is 17.2 Å². The van der Waals surface area contributed by atoms with Crippen LogP contribution < -0.4 is 19.5 Å². The lowest BCUT2D eigenvalue weighted by Gasteiger charge is -2.16. The third-order valence-electron chi connectivity index (χ3n) is 4.11. The highest BCUT2D eigenvalue weighted by Gasteiger charge is 2.15. The Labute approximate surface area is 159 Å². The molecule has 0 aliphatic carbocycles. The lowest BCUT2D eigenvalue weighted by molar-refractivity contribution is -0.121. The van der Waals surface area contributed by atoms with Crippen molar-refractivity contribution in [2.24, 2.45) is 0 Å². The highest BCUT2D eigenvalue weighted by molar-refractivity contribution is 6.31. The van der Waals surface area contributed by atoms with Gasteiger partial charge < -0.3 is 19.5 Å². The quantitative estimate of drug-likeness (QED) is 0.749. The molecule has 1 amide bonds. The Hall–Kier alpha value is -2.40. The smallest absolute Gasteiger partial charge is 0.220 e. The van der Waals surface area contributed by atoms with E-state index in [1.807, 2.05) is 43.3 Å². The summed E-state index contributed by atoms with van der Waals surface area (Å²) in [5, 5.41) is 3.62. The van der Waals surface area contributed by atoms with E-state index in [-0.39, 0.29) is 11.9 Å². The van der Waals surface area contributed by atoms with Gasteiger partial charge in [-0.25, -0.2) is 0 Å². The topological polar surface area (TPSA) is 56.8 Å². The SMILES string of the molecule is COc1cc(CCC(=O)NC(C)c2ccccc2Cl)cc(OC)c1OC. The van der Waals surface area contributed by atoms with Crippen molar-refractivity contribution >= 4 is 17.5 Å². The Balaban J connectivity index is 2.02. The van der Waals surface area contributed by atoms with Crippen molar-refractivity contribution in [2.45, 2.75) is 25.8 Å². The van der Waals surface area contributed by atoms with Crippen molar-refractivity contribution in [2.75, 3.05) is 21.3 Å². The van der Waals surface area contributed by atoms with Gasteiger partial charge in [-0.05, 0) is 42.7 Å². The normalized spacial score (nSPS) is 11.6. The zero-order valence-electron chi connectivity index (χ0n) is 15.5. The summed E-state index contributed by atoms with van der Waals surface area (Å²) in [5.74, 6) is 1.64. The minimum Gasteiger partial charge on any atom is -0.493 e. The number of halogens is 1. The molecule has 0 aliphatic rings. The average Bonchev–Trinajstić information content (AvgIpc) is 2.65. The van der Waals surface area contributed by atoms with Crippen LogP contribution in [0, 0.1) is 0 Å². The molecule has 0 saturated carbocycles. The van der Waals surface area contributed by atoms with Gasteiger partial charge in [0.05, 0.1) is 27.4 Å². The van der Waals surface area contributed by atoms with E-state index in [9.17, 15) is 4.79 Å². The summed E-state index contributed by atoms with van der Waals surface area (Å²) in [6, 6.07) is 11.0. The average molecular weight is 378 g/mol. The number of aryl methyl sites for hydroxylation is 1.